The van der Waals surface area contributed by atoms with E-state index in [1.807, 2.05) is 0 Å². The molecule has 0 aromatic heterocycles. The number of rotatable bonds is 7. The molecule has 1 aromatic rings. The maximum Gasteiger partial charge on any atom is 0.254 e. The molecule has 0 saturated heterocycles. The van der Waals surface area contributed by atoms with Crippen molar-refractivity contribution in [3.63, 3.8) is 0 Å². The van der Waals surface area contributed by atoms with E-state index in [-0.39, 0.29) is 11.8 Å². The number of hydrogen-bond donors (Lipinski definition) is 2. The van der Waals surface area contributed by atoms with E-state index in [1.54, 1.807) is 48.2 Å². The van der Waals surface area contributed by atoms with Crippen molar-refractivity contribution in [2.75, 3.05) is 18.4 Å². The fourth-order valence-electron chi connectivity index (χ4n) is 1.69. The van der Waals surface area contributed by atoms with Gasteiger partial charge < -0.3 is 16.0 Å². The van der Waals surface area contributed by atoms with E-state index >= 15 is 0 Å². The van der Waals surface area contributed by atoms with E-state index in [1.165, 1.54) is 0 Å². The van der Waals surface area contributed by atoms with Crippen LogP contribution in [0.5, 0.6) is 0 Å². The fraction of sp³-hybridized carbons (Fsp3) is 0.250. The number of nitrogens with one attached hydrogen (secondary N) is 1. The summed E-state index contributed by atoms with van der Waals surface area (Å²) in [7, 11) is 0. The molecule has 1 aromatic carbocycles. The highest BCUT2D eigenvalue weighted by molar-refractivity contribution is 5.97. The number of nitrogens with zero attached hydrogens (tertiary/aromatic N) is 1. The molecular formula is C16H21N3O2. The molecule has 0 spiro atoms. The van der Waals surface area contributed by atoms with E-state index in [0.717, 1.165) is 0 Å². The van der Waals surface area contributed by atoms with E-state index in [4.69, 9.17) is 5.73 Å². The van der Waals surface area contributed by atoms with Gasteiger partial charge >= 0.3 is 0 Å². The highest BCUT2D eigenvalue weighted by Gasteiger charge is 2.13. The van der Waals surface area contributed by atoms with Gasteiger partial charge in [0, 0.05) is 24.3 Å². The number of benzene rings is 1. The highest BCUT2D eigenvalue weighted by Crippen LogP contribution is 2.12. The number of carbonyl (C=O) groups excluding carboxylic acids is 2. The lowest BCUT2D eigenvalue weighted by Gasteiger charge is -2.19. The third kappa shape index (κ3) is 4.89. The van der Waals surface area contributed by atoms with Crippen molar-refractivity contribution in [1.29, 1.82) is 0 Å². The van der Waals surface area contributed by atoms with Crippen LogP contribution < -0.4 is 11.1 Å². The molecule has 1 atom stereocenters. The van der Waals surface area contributed by atoms with Crippen LogP contribution in [0.1, 0.15) is 17.3 Å². The largest absolute Gasteiger partial charge is 0.331 e. The van der Waals surface area contributed by atoms with E-state index in [2.05, 4.69) is 18.5 Å². The summed E-state index contributed by atoms with van der Waals surface area (Å²) in [4.78, 5) is 25.4. The molecule has 0 fully saturated rings. The lowest BCUT2D eigenvalue weighted by molar-refractivity contribution is -0.117. The van der Waals surface area contributed by atoms with E-state index in [9.17, 15) is 9.59 Å². The number of anilines is 1. The zero-order valence-corrected chi connectivity index (χ0v) is 12.2. The van der Waals surface area contributed by atoms with Gasteiger partial charge in [0.2, 0.25) is 5.91 Å². The summed E-state index contributed by atoms with van der Waals surface area (Å²) in [5, 5.41) is 2.67. The Bertz CT molecular complexity index is 511. The van der Waals surface area contributed by atoms with Crippen molar-refractivity contribution in [2.24, 2.45) is 5.73 Å². The summed E-state index contributed by atoms with van der Waals surface area (Å²) in [5.74, 6) is -0.381. The Morgan fingerprint density at radius 2 is 1.76 bits per heavy atom. The molecular weight excluding hydrogens is 266 g/mol. The summed E-state index contributed by atoms with van der Waals surface area (Å²) >= 11 is 0. The first kappa shape index (κ1) is 16.7. The molecule has 2 amide bonds. The molecule has 0 aliphatic rings. The first-order valence-electron chi connectivity index (χ1n) is 6.67. The van der Waals surface area contributed by atoms with Gasteiger partial charge in [0.05, 0.1) is 6.04 Å². The minimum atomic E-state index is -0.581. The fourth-order valence-corrected chi connectivity index (χ4v) is 1.69. The van der Waals surface area contributed by atoms with Crippen LogP contribution in [0.2, 0.25) is 0 Å². The summed E-state index contributed by atoms with van der Waals surface area (Å²) in [6.45, 7) is 9.78. The van der Waals surface area contributed by atoms with Gasteiger partial charge in [0.15, 0.2) is 0 Å². The molecule has 0 heterocycles. The van der Waals surface area contributed by atoms with Crippen molar-refractivity contribution >= 4 is 17.5 Å². The lowest BCUT2D eigenvalue weighted by atomic mass is 10.1. The van der Waals surface area contributed by atoms with Crippen molar-refractivity contribution in [3.05, 3.63) is 55.1 Å². The van der Waals surface area contributed by atoms with Gasteiger partial charge in [-0.1, -0.05) is 12.2 Å². The normalized spacial score (nSPS) is 11.3. The number of amides is 2. The topological polar surface area (TPSA) is 75.4 Å². The Kier molecular flexibility index (Phi) is 6.36. The minimum Gasteiger partial charge on any atom is -0.331 e. The molecule has 1 rings (SSSR count). The average Bonchev–Trinajstić information content (AvgIpc) is 2.47. The van der Waals surface area contributed by atoms with Gasteiger partial charge in [-0.15, -0.1) is 13.2 Å². The molecule has 21 heavy (non-hydrogen) atoms. The second kappa shape index (κ2) is 8.01. The quantitative estimate of drug-likeness (QED) is 0.751. The molecule has 0 bridgehead atoms. The third-order valence-electron chi connectivity index (χ3n) is 2.80. The van der Waals surface area contributed by atoms with Crippen LogP contribution >= 0.6 is 0 Å². The number of carbonyl (C=O) groups is 2. The molecule has 112 valence electrons. The first-order chi connectivity index (χ1) is 9.99. The van der Waals surface area contributed by atoms with Crippen molar-refractivity contribution < 1.29 is 9.59 Å². The first-order valence-corrected chi connectivity index (χ1v) is 6.67. The molecule has 0 aliphatic carbocycles. The summed E-state index contributed by atoms with van der Waals surface area (Å²) in [5.41, 5.74) is 6.62. The van der Waals surface area contributed by atoms with E-state index < -0.39 is 6.04 Å². The molecule has 5 nitrogen and oxygen atoms in total. The maximum atomic E-state index is 12.3. The van der Waals surface area contributed by atoms with Gasteiger partial charge in [-0.05, 0) is 31.2 Å². The Labute approximate surface area is 125 Å². The van der Waals surface area contributed by atoms with Gasteiger partial charge in [0.1, 0.15) is 0 Å². The molecule has 0 radical (unpaired) electrons. The second-order valence-corrected chi connectivity index (χ2v) is 4.64. The van der Waals surface area contributed by atoms with Gasteiger partial charge in [-0.25, -0.2) is 0 Å². The minimum absolute atomic E-state index is 0.111. The summed E-state index contributed by atoms with van der Waals surface area (Å²) < 4.78 is 0. The van der Waals surface area contributed by atoms with Gasteiger partial charge in [-0.2, -0.15) is 0 Å². The van der Waals surface area contributed by atoms with E-state index in [0.29, 0.717) is 24.3 Å². The van der Waals surface area contributed by atoms with Crippen molar-refractivity contribution in [2.45, 2.75) is 13.0 Å². The van der Waals surface area contributed by atoms with Gasteiger partial charge in [-0.3, -0.25) is 9.59 Å². The van der Waals surface area contributed by atoms with Crippen LogP contribution in [-0.4, -0.2) is 35.8 Å². The number of nitrogens with two attached hydrogens (primary N) is 1. The number of hydrogen-bond acceptors (Lipinski definition) is 3. The SMILES string of the molecule is C=CCN(CC=C)C(=O)c1ccc(NC(=O)[C@H](C)N)cc1. The Hall–Kier alpha value is -2.40. The molecule has 0 saturated carbocycles. The van der Waals surface area contributed by atoms with Crippen molar-refractivity contribution in [1.82, 2.24) is 4.90 Å². The van der Waals surface area contributed by atoms with Crippen LogP contribution in [-0.2, 0) is 4.79 Å². The molecule has 5 heteroatoms. The monoisotopic (exact) mass is 287 g/mol. The molecule has 0 aliphatic heterocycles. The Morgan fingerprint density at radius 3 is 2.19 bits per heavy atom. The smallest absolute Gasteiger partial charge is 0.254 e. The zero-order valence-electron chi connectivity index (χ0n) is 12.2. The standard InChI is InChI=1S/C16H21N3O2/c1-4-10-19(11-5-2)16(21)13-6-8-14(9-7-13)18-15(20)12(3)17/h4-9,12H,1-2,10-11,17H2,3H3,(H,18,20)/t12-/m0/s1. The summed E-state index contributed by atoms with van der Waals surface area (Å²) in [6, 6.07) is 6.10. The van der Waals surface area contributed by atoms with Crippen LogP contribution in [0, 0.1) is 0 Å². The van der Waals surface area contributed by atoms with Crippen LogP contribution in [0.3, 0.4) is 0 Å². The van der Waals surface area contributed by atoms with Crippen LogP contribution in [0.15, 0.2) is 49.6 Å². The zero-order chi connectivity index (χ0) is 15.8. The average molecular weight is 287 g/mol. The predicted octanol–water partition coefficient (Wildman–Crippen LogP) is 1.79. The molecule has 0 unspecified atom stereocenters. The Balaban J connectivity index is 2.80. The maximum absolute atomic E-state index is 12.3. The second-order valence-electron chi connectivity index (χ2n) is 4.64. The van der Waals surface area contributed by atoms with Crippen LogP contribution in [0.25, 0.3) is 0 Å². The third-order valence-corrected chi connectivity index (χ3v) is 2.80. The summed E-state index contributed by atoms with van der Waals surface area (Å²) in [6.07, 6.45) is 3.33. The predicted molar refractivity (Wildman–Crippen MR) is 85.0 cm³/mol. The lowest BCUT2D eigenvalue weighted by Crippen LogP contribution is -2.32. The highest BCUT2D eigenvalue weighted by atomic mass is 16.2. The van der Waals surface area contributed by atoms with Crippen molar-refractivity contribution in [3.8, 4) is 0 Å². The Morgan fingerprint density at radius 1 is 1.24 bits per heavy atom. The van der Waals surface area contributed by atoms with Gasteiger partial charge in [0.25, 0.3) is 5.91 Å². The molecule has 3 N–H and O–H groups in total. The van der Waals surface area contributed by atoms with Crippen LogP contribution in [0.4, 0.5) is 5.69 Å².